The first-order valence-corrected chi connectivity index (χ1v) is 7.18. The van der Waals surface area contributed by atoms with Gasteiger partial charge in [0, 0.05) is 12.1 Å². The molecule has 0 bridgehead atoms. The van der Waals surface area contributed by atoms with Crippen molar-refractivity contribution in [3.05, 3.63) is 29.8 Å². The lowest BCUT2D eigenvalue weighted by Gasteiger charge is -2.10. The van der Waals surface area contributed by atoms with E-state index in [-0.39, 0.29) is 5.91 Å². The average Bonchev–Trinajstić information content (AvgIpc) is 2.58. The summed E-state index contributed by atoms with van der Waals surface area (Å²) in [5.74, 6) is 5.30. The minimum atomic E-state index is -0.792. The monoisotopic (exact) mass is 319 g/mol. The topological polar surface area (TPSA) is 114 Å². The first kappa shape index (κ1) is 18.5. The van der Waals surface area contributed by atoms with Gasteiger partial charge in [0.05, 0.1) is 6.04 Å². The lowest BCUT2D eigenvalue weighted by atomic mass is 10.1. The molecule has 0 radical (unpaired) electrons. The third-order valence-corrected chi connectivity index (χ3v) is 3.03. The lowest BCUT2D eigenvalue weighted by Crippen LogP contribution is -2.39. The number of carbonyl (C=O) groups excluding carboxylic acids is 2. The van der Waals surface area contributed by atoms with Gasteiger partial charge in [0.15, 0.2) is 0 Å². The summed E-state index contributed by atoms with van der Waals surface area (Å²) >= 11 is 0. The van der Waals surface area contributed by atoms with E-state index in [1.165, 1.54) is 5.48 Å². The summed E-state index contributed by atoms with van der Waals surface area (Å²) in [5.41, 5.74) is 7.52. The van der Waals surface area contributed by atoms with E-state index >= 15 is 0 Å². The summed E-state index contributed by atoms with van der Waals surface area (Å²) in [7, 11) is 0. The van der Waals surface area contributed by atoms with E-state index in [4.69, 9.17) is 15.7 Å². The van der Waals surface area contributed by atoms with Crippen molar-refractivity contribution in [2.45, 2.75) is 25.8 Å². The minimum Gasteiger partial charge on any atom is -0.481 e. The molecule has 0 saturated heterocycles. The second kappa shape index (κ2) is 10.2. The molecule has 5 N–H and O–H groups in total. The third kappa shape index (κ3) is 6.82. The highest BCUT2D eigenvalue weighted by Crippen LogP contribution is 2.12. The maximum absolute atomic E-state index is 11.9. The highest BCUT2D eigenvalue weighted by molar-refractivity contribution is 5.94. The van der Waals surface area contributed by atoms with E-state index < -0.39 is 11.9 Å². The van der Waals surface area contributed by atoms with E-state index in [2.05, 4.69) is 17.2 Å². The van der Waals surface area contributed by atoms with Gasteiger partial charge in [0.25, 0.3) is 11.8 Å². The number of ether oxygens (including phenoxy) is 1. The average molecular weight is 319 g/mol. The standard InChI is InChI=1S/C16H21N3O4/c1-2-3-11-23-13-8-6-12(7-9-13)15(20)18-10-4-5-14(17)16(21)19-22/h6-9,14,22H,4-5,10-11,17H2,1H3,(H,18,20)(H,19,21)/t14-/m0/s1. The fourth-order valence-corrected chi connectivity index (χ4v) is 1.73. The maximum Gasteiger partial charge on any atom is 0.260 e. The van der Waals surface area contributed by atoms with Crippen LogP contribution in [-0.2, 0) is 4.79 Å². The van der Waals surface area contributed by atoms with Gasteiger partial charge in [-0.3, -0.25) is 14.8 Å². The summed E-state index contributed by atoms with van der Waals surface area (Å²) in [4.78, 5) is 22.9. The van der Waals surface area contributed by atoms with E-state index in [0.29, 0.717) is 37.3 Å². The van der Waals surface area contributed by atoms with Crippen LogP contribution in [0, 0.1) is 11.8 Å². The Bertz CT molecular complexity index is 575. The predicted molar refractivity (Wildman–Crippen MR) is 84.9 cm³/mol. The number of carbonyl (C=O) groups is 2. The van der Waals surface area contributed by atoms with Crippen LogP contribution in [0.15, 0.2) is 24.3 Å². The molecule has 0 aliphatic heterocycles. The van der Waals surface area contributed by atoms with Gasteiger partial charge in [0.2, 0.25) is 0 Å². The summed E-state index contributed by atoms with van der Waals surface area (Å²) in [5, 5.41) is 11.2. The van der Waals surface area contributed by atoms with Gasteiger partial charge in [-0.25, -0.2) is 5.48 Å². The summed E-state index contributed by atoms with van der Waals surface area (Å²) in [6.45, 7) is 2.43. The third-order valence-electron chi connectivity index (χ3n) is 3.03. The van der Waals surface area contributed by atoms with E-state index in [1.54, 1.807) is 31.2 Å². The molecule has 2 amide bonds. The molecule has 0 spiro atoms. The normalized spacial score (nSPS) is 10.9. The number of rotatable bonds is 8. The molecule has 0 saturated carbocycles. The van der Waals surface area contributed by atoms with E-state index in [9.17, 15) is 9.59 Å². The summed E-state index contributed by atoms with van der Waals surface area (Å²) < 4.78 is 5.36. The van der Waals surface area contributed by atoms with Gasteiger partial charge in [-0.2, -0.15) is 0 Å². The SMILES string of the molecule is CC#CCOc1ccc(C(=O)NCCC[C@H](N)C(=O)NO)cc1. The van der Waals surface area contributed by atoms with Crippen LogP contribution in [-0.4, -0.2) is 36.2 Å². The molecule has 1 rings (SSSR count). The molecule has 124 valence electrons. The van der Waals surface area contributed by atoms with Gasteiger partial charge in [-0.1, -0.05) is 5.92 Å². The van der Waals surface area contributed by atoms with Crippen molar-refractivity contribution in [1.29, 1.82) is 0 Å². The second-order valence-corrected chi connectivity index (χ2v) is 4.72. The molecule has 0 aliphatic rings. The minimum absolute atomic E-state index is 0.218. The highest BCUT2D eigenvalue weighted by atomic mass is 16.5. The first-order valence-electron chi connectivity index (χ1n) is 7.18. The zero-order valence-electron chi connectivity index (χ0n) is 13.0. The van der Waals surface area contributed by atoms with Crippen molar-refractivity contribution >= 4 is 11.8 Å². The molecule has 23 heavy (non-hydrogen) atoms. The number of benzene rings is 1. The molecule has 7 nitrogen and oxygen atoms in total. The van der Waals surface area contributed by atoms with Crippen LogP contribution < -0.4 is 21.3 Å². The molecule has 0 fully saturated rings. The van der Waals surface area contributed by atoms with Crippen molar-refractivity contribution in [2.75, 3.05) is 13.2 Å². The molecule has 0 aliphatic carbocycles. The Balaban J connectivity index is 2.34. The van der Waals surface area contributed by atoms with Crippen molar-refractivity contribution in [3.8, 4) is 17.6 Å². The van der Waals surface area contributed by atoms with Gasteiger partial charge in [-0.15, -0.1) is 5.92 Å². The van der Waals surface area contributed by atoms with Gasteiger partial charge in [0.1, 0.15) is 12.4 Å². The van der Waals surface area contributed by atoms with Crippen molar-refractivity contribution in [2.24, 2.45) is 5.73 Å². The largest absolute Gasteiger partial charge is 0.481 e. The second-order valence-electron chi connectivity index (χ2n) is 4.72. The first-order chi connectivity index (χ1) is 11.1. The zero-order chi connectivity index (χ0) is 17.1. The Morgan fingerprint density at radius 1 is 1.35 bits per heavy atom. The lowest BCUT2D eigenvalue weighted by molar-refractivity contribution is -0.130. The number of hydroxylamine groups is 1. The Hall–Kier alpha value is -2.56. The molecular weight excluding hydrogens is 298 g/mol. The molecule has 1 aromatic rings. The molecule has 0 heterocycles. The Morgan fingerprint density at radius 2 is 2.04 bits per heavy atom. The van der Waals surface area contributed by atoms with Crippen molar-refractivity contribution in [3.63, 3.8) is 0 Å². The van der Waals surface area contributed by atoms with Crippen LogP contribution in [0.25, 0.3) is 0 Å². The fraction of sp³-hybridized carbons (Fsp3) is 0.375. The zero-order valence-corrected chi connectivity index (χ0v) is 13.0. The van der Waals surface area contributed by atoms with Gasteiger partial charge < -0.3 is 15.8 Å². The van der Waals surface area contributed by atoms with Crippen LogP contribution in [0.2, 0.25) is 0 Å². The van der Waals surface area contributed by atoms with Crippen LogP contribution in [0.1, 0.15) is 30.1 Å². The van der Waals surface area contributed by atoms with E-state index in [1.807, 2.05) is 0 Å². The van der Waals surface area contributed by atoms with Crippen LogP contribution in [0.3, 0.4) is 0 Å². The Kier molecular flexibility index (Phi) is 8.21. The molecule has 1 atom stereocenters. The number of nitrogens with one attached hydrogen (secondary N) is 2. The number of amides is 2. The Morgan fingerprint density at radius 3 is 2.65 bits per heavy atom. The van der Waals surface area contributed by atoms with Crippen molar-refractivity contribution < 1.29 is 19.5 Å². The highest BCUT2D eigenvalue weighted by Gasteiger charge is 2.12. The van der Waals surface area contributed by atoms with E-state index in [0.717, 1.165) is 0 Å². The quantitative estimate of drug-likeness (QED) is 0.240. The molecule has 7 heteroatoms. The van der Waals surface area contributed by atoms with Crippen LogP contribution in [0.4, 0.5) is 0 Å². The Labute approximate surface area is 135 Å². The van der Waals surface area contributed by atoms with Gasteiger partial charge in [-0.05, 0) is 44.0 Å². The summed E-state index contributed by atoms with van der Waals surface area (Å²) in [6, 6.07) is 5.94. The van der Waals surface area contributed by atoms with Gasteiger partial charge >= 0.3 is 0 Å². The predicted octanol–water partition coefficient (Wildman–Crippen LogP) is 0.431. The number of hydrogen-bond donors (Lipinski definition) is 4. The summed E-state index contributed by atoms with van der Waals surface area (Å²) in [6.07, 6.45) is 0.884. The maximum atomic E-state index is 11.9. The molecule has 0 aromatic heterocycles. The number of nitrogens with two attached hydrogens (primary N) is 1. The molecule has 1 aromatic carbocycles. The van der Waals surface area contributed by atoms with Crippen LogP contribution in [0.5, 0.6) is 5.75 Å². The molecule has 0 unspecified atom stereocenters. The van der Waals surface area contributed by atoms with Crippen LogP contribution >= 0.6 is 0 Å². The number of hydrogen-bond acceptors (Lipinski definition) is 5. The molecular formula is C16H21N3O4. The fourth-order valence-electron chi connectivity index (χ4n) is 1.73. The van der Waals surface area contributed by atoms with Crippen molar-refractivity contribution in [1.82, 2.24) is 10.8 Å². The smallest absolute Gasteiger partial charge is 0.260 e.